The summed E-state index contributed by atoms with van der Waals surface area (Å²) in [6, 6.07) is 0. The Morgan fingerprint density at radius 3 is 3.00 bits per heavy atom. The van der Waals surface area contributed by atoms with Gasteiger partial charge in [0.2, 0.25) is 0 Å². The third kappa shape index (κ3) is 3.06. The van der Waals surface area contributed by atoms with Crippen molar-refractivity contribution in [3.05, 3.63) is 0 Å². The van der Waals surface area contributed by atoms with Crippen LogP contribution in [-0.2, 0) is 14.3 Å². The maximum absolute atomic E-state index is 12.2. The Kier molecular flexibility index (Phi) is 4.17. The quantitative estimate of drug-likeness (QED) is 0.801. The fourth-order valence-electron chi connectivity index (χ4n) is 2.76. The van der Waals surface area contributed by atoms with E-state index in [2.05, 4.69) is 0 Å². The first-order valence-electron chi connectivity index (χ1n) is 6.60. The van der Waals surface area contributed by atoms with Crippen LogP contribution in [0.25, 0.3) is 0 Å². The van der Waals surface area contributed by atoms with Gasteiger partial charge in [-0.25, -0.2) is 0 Å². The molecule has 0 aromatic rings. The minimum atomic E-state index is -0.162. The van der Waals surface area contributed by atoms with E-state index in [0.29, 0.717) is 37.9 Å². The van der Waals surface area contributed by atoms with E-state index in [9.17, 15) is 4.79 Å². The number of rotatable bonds is 4. The predicted octanol–water partition coefficient (Wildman–Crippen LogP) is 1.13. The number of nitrogens with two attached hydrogens (primary N) is 1. The van der Waals surface area contributed by atoms with E-state index in [-0.39, 0.29) is 11.5 Å². The van der Waals surface area contributed by atoms with Crippen molar-refractivity contribution in [2.45, 2.75) is 38.2 Å². The Morgan fingerprint density at radius 2 is 2.35 bits per heavy atom. The summed E-state index contributed by atoms with van der Waals surface area (Å²) in [7, 11) is 0. The lowest BCUT2D eigenvalue weighted by Crippen LogP contribution is -2.42. The Morgan fingerprint density at radius 1 is 1.53 bits per heavy atom. The molecule has 4 nitrogen and oxygen atoms in total. The van der Waals surface area contributed by atoms with Crippen LogP contribution in [0.5, 0.6) is 0 Å². The maximum atomic E-state index is 12.2. The van der Waals surface area contributed by atoms with Crippen LogP contribution in [0.15, 0.2) is 0 Å². The summed E-state index contributed by atoms with van der Waals surface area (Å²) in [6.45, 7) is 4.73. The highest BCUT2D eigenvalue weighted by atomic mass is 16.6. The first-order valence-corrected chi connectivity index (χ1v) is 6.60. The molecule has 0 amide bonds. The summed E-state index contributed by atoms with van der Waals surface area (Å²) in [6.07, 6.45) is 3.24. The molecular weight excluding hydrogens is 218 g/mol. The maximum Gasteiger partial charge on any atom is 0.136 e. The van der Waals surface area contributed by atoms with Gasteiger partial charge in [-0.15, -0.1) is 0 Å². The largest absolute Gasteiger partial charge is 0.378 e. The molecule has 0 radical (unpaired) electrons. The van der Waals surface area contributed by atoms with Crippen LogP contribution in [-0.4, -0.2) is 37.7 Å². The number of hydrogen-bond acceptors (Lipinski definition) is 4. The summed E-state index contributed by atoms with van der Waals surface area (Å²) in [5.41, 5.74) is 5.41. The average molecular weight is 241 g/mol. The second-order valence-electron chi connectivity index (χ2n) is 5.54. The molecule has 2 saturated heterocycles. The minimum absolute atomic E-state index is 0.152. The molecule has 2 aliphatic heterocycles. The zero-order chi connectivity index (χ0) is 12.3. The van der Waals surface area contributed by atoms with Gasteiger partial charge in [0.05, 0.1) is 12.2 Å². The molecule has 0 aromatic heterocycles. The molecule has 98 valence electrons. The fraction of sp³-hybridized carbons (Fsp3) is 0.923. The van der Waals surface area contributed by atoms with Crippen molar-refractivity contribution in [2.75, 3.05) is 26.4 Å². The van der Waals surface area contributed by atoms with Crippen molar-refractivity contribution in [3.8, 4) is 0 Å². The van der Waals surface area contributed by atoms with Gasteiger partial charge in [-0.2, -0.15) is 0 Å². The topological polar surface area (TPSA) is 61.6 Å². The summed E-state index contributed by atoms with van der Waals surface area (Å²) >= 11 is 0. The van der Waals surface area contributed by atoms with Crippen molar-refractivity contribution in [1.29, 1.82) is 0 Å². The van der Waals surface area contributed by atoms with E-state index in [1.165, 1.54) is 0 Å². The van der Waals surface area contributed by atoms with Crippen molar-refractivity contribution in [1.82, 2.24) is 0 Å². The summed E-state index contributed by atoms with van der Waals surface area (Å²) in [5.74, 6) is 0.804. The molecule has 0 bridgehead atoms. The molecule has 0 saturated carbocycles. The average Bonchev–Trinajstić information content (AvgIpc) is 2.77. The SMILES string of the molecule is CC(CN)CC(=O)C1CCOC2(CCOC2)C1. The van der Waals surface area contributed by atoms with Gasteiger partial charge in [-0.1, -0.05) is 6.92 Å². The molecule has 0 aromatic carbocycles. The molecule has 17 heavy (non-hydrogen) atoms. The highest BCUT2D eigenvalue weighted by Gasteiger charge is 2.42. The number of hydrogen-bond donors (Lipinski definition) is 1. The number of Topliss-reactive ketones (excluding diaryl/α,β-unsaturated/α-hetero) is 1. The van der Waals surface area contributed by atoms with E-state index in [0.717, 1.165) is 25.9 Å². The lowest BCUT2D eigenvalue weighted by atomic mass is 9.81. The molecule has 2 fully saturated rings. The van der Waals surface area contributed by atoms with E-state index >= 15 is 0 Å². The van der Waals surface area contributed by atoms with Crippen molar-refractivity contribution in [2.24, 2.45) is 17.6 Å². The van der Waals surface area contributed by atoms with Gasteiger partial charge < -0.3 is 15.2 Å². The zero-order valence-corrected chi connectivity index (χ0v) is 10.6. The van der Waals surface area contributed by atoms with Crippen LogP contribution in [0.3, 0.4) is 0 Å². The van der Waals surface area contributed by atoms with Crippen LogP contribution in [0.1, 0.15) is 32.6 Å². The van der Waals surface area contributed by atoms with Gasteiger partial charge in [0.25, 0.3) is 0 Å². The highest BCUT2D eigenvalue weighted by molar-refractivity contribution is 5.81. The molecule has 1 spiro atoms. The molecular formula is C13H23NO3. The number of ether oxygens (including phenoxy) is 2. The molecule has 2 aliphatic rings. The Bertz CT molecular complexity index is 274. The number of carbonyl (C=O) groups excluding carboxylic acids is 1. The lowest BCUT2D eigenvalue weighted by molar-refractivity contribution is -0.137. The first kappa shape index (κ1) is 13.0. The van der Waals surface area contributed by atoms with E-state index in [1.54, 1.807) is 0 Å². The first-order chi connectivity index (χ1) is 8.15. The summed E-state index contributed by atoms with van der Waals surface area (Å²) in [5, 5.41) is 0. The predicted molar refractivity (Wildman–Crippen MR) is 64.7 cm³/mol. The van der Waals surface area contributed by atoms with Crippen molar-refractivity contribution >= 4 is 5.78 Å². The van der Waals surface area contributed by atoms with E-state index in [1.807, 2.05) is 6.92 Å². The van der Waals surface area contributed by atoms with Gasteiger partial charge in [0.15, 0.2) is 0 Å². The number of carbonyl (C=O) groups is 1. The molecule has 3 atom stereocenters. The van der Waals surface area contributed by atoms with Crippen LogP contribution < -0.4 is 5.73 Å². The monoisotopic (exact) mass is 241 g/mol. The van der Waals surface area contributed by atoms with Gasteiger partial charge in [-0.05, 0) is 25.3 Å². The van der Waals surface area contributed by atoms with Gasteiger partial charge in [0.1, 0.15) is 5.78 Å². The third-order valence-electron chi connectivity index (χ3n) is 3.97. The molecule has 2 heterocycles. The van der Waals surface area contributed by atoms with Crippen molar-refractivity contribution < 1.29 is 14.3 Å². The lowest BCUT2D eigenvalue weighted by Gasteiger charge is -2.36. The second kappa shape index (κ2) is 5.46. The van der Waals surface area contributed by atoms with Crippen LogP contribution >= 0.6 is 0 Å². The standard InChI is InChI=1S/C13H23NO3/c1-10(8-14)6-12(15)11-2-4-17-13(7-11)3-5-16-9-13/h10-11H,2-9,14H2,1H3. The van der Waals surface area contributed by atoms with Gasteiger partial charge in [0, 0.05) is 32.0 Å². The fourth-order valence-corrected chi connectivity index (χ4v) is 2.76. The minimum Gasteiger partial charge on any atom is -0.378 e. The Labute approximate surface area is 103 Å². The smallest absolute Gasteiger partial charge is 0.136 e. The molecule has 4 heteroatoms. The van der Waals surface area contributed by atoms with Gasteiger partial charge in [-0.3, -0.25) is 4.79 Å². The molecule has 3 unspecified atom stereocenters. The normalized spacial score (nSPS) is 35.1. The molecule has 0 aliphatic carbocycles. The molecule has 2 N–H and O–H groups in total. The van der Waals surface area contributed by atoms with Gasteiger partial charge >= 0.3 is 0 Å². The van der Waals surface area contributed by atoms with E-state index in [4.69, 9.17) is 15.2 Å². The third-order valence-corrected chi connectivity index (χ3v) is 3.97. The van der Waals surface area contributed by atoms with Crippen LogP contribution in [0.2, 0.25) is 0 Å². The highest BCUT2D eigenvalue weighted by Crippen LogP contribution is 2.36. The second-order valence-corrected chi connectivity index (χ2v) is 5.54. The Hall–Kier alpha value is -0.450. The summed E-state index contributed by atoms with van der Waals surface area (Å²) < 4.78 is 11.2. The Balaban J connectivity index is 1.90. The van der Waals surface area contributed by atoms with E-state index < -0.39 is 0 Å². The van der Waals surface area contributed by atoms with Crippen LogP contribution in [0, 0.1) is 11.8 Å². The summed E-state index contributed by atoms with van der Waals surface area (Å²) in [4.78, 5) is 12.2. The van der Waals surface area contributed by atoms with Crippen molar-refractivity contribution in [3.63, 3.8) is 0 Å². The van der Waals surface area contributed by atoms with Crippen LogP contribution in [0.4, 0.5) is 0 Å². The number of ketones is 1. The molecule has 2 rings (SSSR count). The zero-order valence-electron chi connectivity index (χ0n) is 10.6.